The molecule has 0 saturated heterocycles. The maximum absolute atomic E-state index is 12.1. The van der Waals surface area contributed by atoms with Crippen LogP contribution in [0.1, 0.15) is 75.2 Å². The average Bonchev–Trinajstić information content (AvgIpc) is 2.54. The lowest BCUT2D eigenvalue weighted by Crippen LogP contribution is -2.24. The predicted molar refractivity (Wildman–Crippen MR) is 92.9 cm³/mol. The maximum Gasteiger partial charge on any atom is 0.338 e. The second-order valence-corrected chi connectivity index (χ2v) is 7.42. The molecule has 1 fully saturated rings. The van der Waals surface area contributed by atoms with Crippen LogP contribution in [-0.2, 0) is 14.3 Å². The highest BCUT2D eigenvalue weighted by Crippen LogP contribution is 2.36. The molecule has 1 saturated carbocycles. The zero-order valence-electron chi connectivity index (χ0n) is 15.1. The van der Waals surface area contributed by atoms with Gasteiger partial charge in [0.15, 0.2) is 0 Å². The summed E-state index contributed by atoms with van der Waals surface area (Å²) in [6, 6.07) is 7.69. The summed E-state index contributed by atoms with van der Waals surface area (Å²) < 4.78 is 10.5. The first-order chi connectivity index (χ1) is 11.3. The Morgan fingerprint density at radius 1 is 1.04 bits per heavy atom. The lowest BCUT2D eigenvalue weighted by molar-refractivity contribution is -0.149. The summed E-state index contributed by atoms with van der Waals surface area (Å²) in [5, 5.41) is 0. The Bertz CT molecular complexity index is 560. The van der Waals surface area contributed by atoms with Gasteiger partial charge in [-0.15, -0.1) is 0 Å². The third kappa shape index (κ3) is 5.08. The molecular weight excluding hydrogens is 304 g/mol. The molecule has 1 aliphatic carbocycles. The van der Waals surface area contributed by atoms with Gasteiger partial charge >= 0.3 is 11.9 Å². The fourth-order valence-electron chi connectivity index (χ4n) is 3.15. The summed E-state index contributed by atoms with van der Waals surface area (Å²) in [5.41, 5.74) is 1.32. The Hall–Kier alpha value is -1.84. The number of carbonyl (C=O) groups is 2. The van der Waals surface area contributed by atoms with E-state index in [2.05, 4.69) is 0 Å². The Morgan fingerprint density at radius 2 is 1.62 bits per heavy atom. The van der Waals surface area contributed by atoms with Crippen molar-refractivity contribution in [3.63, 3.8) is 0 Å². The van der Waals surface area contributed by atoms with Crippen LogP contribution >= 0.6 is 0 Å². The lowest BCUT2D eigenvalue weighted by atomic mass is 9.78. The summed E-state index contributed by atoms with van der Waals surface area (Å²) >= 11 is 0. The average molecular weight is 332 g/mol. The van der Waals surface area contributed by atoms with Crippen molar-refractivity contribution >= 4 is 11.9 Å². The molecule has 0 aromatic heterocycles. The Kier molecular flexibility index (Phi) is 6.03. The summed E-state index contributed by atoms with van der Waals surface area (Å²) in [6.07, 6.45) is 3.71. The fraction of sp³-hybridized carbons (Fsp3) is 0.600. The van der Waals surface area contributed by atoms with Crippen molar-refractivity contribution in [1.82, 2.24) is 0 Å². The van der Waals surface area contributed by atoms with Crippen molar-refractivity contribution in [2.45, 2.75) is 64.9 Å². The highest BCUT2D eigenvalue weighted by molar-refractivity contribution is 5.89. The van der Waals surface area contributed by atoms with Crippen molar-refractivity contribution in [3.8, 4) is 0 Å². The molecule has 0 amide bonds. The summed E-state index contributed by atoms with van der Waals surface area (Å²) in [6.45, 7) is 7.88. The van der Waals surface area contributed by atoms with Gasteiger partial charge < -0.3 is 9.47 Å². The van der Waals surface area contributed by atoms with Crippen molar-refractivity contribution in [2.75, 3.05) is 6.61 Å². The molecule has 0 radical (unpaired) electrons. The standard InChI is InChI=1S/C20H28O4/c1-5-23-18(21)16-10-6-14(7-11-16)15-8-12-17(13-9-15)19(22)24-20(2,3)4/h8-9,12-14,16H,5-7,10-11H2,1-4H3. The van der Waals surface area contributed by atoms with E-state index in [9.17, 15) is 9.59 Å². The molecule has 1 aromatic carbocycles. The van der Waals surface area contributed by atoms with Gasteiger partial charge in [0, 0.05) is 0 Å². The summed E-state index contributed by atoms with van der Waals surface area (Å²) in [5.74, 6) is 0.141. The number of carbonyl (C=O) groups excluding carboxylic acids is 2. The van der Waals surface area contributed by atoms with Gasteiger partial charge in [-0.3, -0.25) is 4.79 Å². The number of rotatable bonds is 4. The molecule has 0 N–H and O–H groups in total. The lowest BCUT2D eigenvalue weighted by Gasteiger charge is -2.27. The number of hydrogen-bond acceptors (Lipinski definition) is 4. The minimum absolute atomic E-state index is 0.0437. The third-order valence-electron chi connectivity index (χ3n) is 4.36. The van der Waals surface area contributed by atoms with Crippen molar-refractivity contribution < 1.29 is 19.1 Å². The molecule has 0 unspecified atom stereocenters. The molecule has 0 aliphatic heterocycles. The highest BCUT2D eigenvalue weighted by atomic mass is 16.6. The van der Waals surface area contributed by atoms with Crippen LogP contribution in [0.3, 0.4) is 0 Å². The van der Waals surface area contributed by atoms with E-state index in [1.165, 1.54) is 5.56 Å². The van der Waals surface area contributed by atoms with E-state index in [0.29, 0.717) is 18.1 Å². The quantitative estimate of drug-likeness (QED) is 0.763. The van der Waals surface area contributed by atoms with Gasteiger partial charge in [0.1, 0.15) is 5.60 Å². The van der Waals surface area contributed by atoms with Crippen LogP contribution < -0.4 is 0 Å². The van der Waals surface area contributed by atoms with E-state index in [1.54, 1.807) is 0 Å². The van der Waals surface area contributed by atoms with Gasteiger partial charge in [0.05, 0.1) is 18.1 Å². The van der Waals surface area contributed by atoms with Gasteiger partial charge in [-0.2, -0.15) is 0 Å². The van der Waals surface area contributed by atoms with E-state index < -0.39 is 5.60 Å². The molecular formula is C20H28O4. The normalized spacial score (nSPS) is 21.2. The third-order valence-corrected chi connectivity index (χ3v) is 4.36. The first kappa shape index (κ1) is 18.5. The van der Waals surface area contributed by atoms with Crippen molar-refractivity contribution in [3.05, 3.63) is 35.4 Å². The van der Waals surface area contributed by atoms with Crippen LogP contribution in [0.5, 0.6) is 0 Å². The van der Waals surface area contributed by atoms with Gasteiger partial charge in [0.2, 0.25) is 0 Å². The first-order valence-corrected chi connectivity index (χ1v) is 8.80. The molecule has 1 aromatic rings. The highest BCUT2D eigenvalue weighted by Gasteiger charge is 2.28. The minimum Gasteiger partial charge on any atom is -0.466 e. The smallest absolute Gasteiger partial charge is 0.338 e. The van der Waals surface area contributed by atoms with Crippen LogP contribution in [0.2, 0.25) is 0 Å². The van der Waals surface area contributed by atoms with Crippen molar-refractivity contribution in [1.29, 1.82) is 0 Å². The zero-order chi connectivity index (χ0) is 17.7. The van der Waals surface area contributed by atoms with E-state index in [0.717, 1.165) is 25.7 Å². The number of ether oxygens (including phenoxy) is 2. The first-order valence-electron chi connectivity index (χ1n) is 8.80. The molecule has 0 heterocycles. The van der Waals surface area contributed by atoms with Gasteiger partial charge in [0.25, 0.3) is 0 Å². The van der Waals surface area contributed by atoms with E-state index >= 15 is 0 Å². The van der Waals surface area contributed by atoms with E-state index in [4.69, 9.17) is 9.47 Å². The monoisotopic (exact) mass is 332 g/mol. The Balaban J connectivity index is 1.93. The molecule has 2 rings (SSSR count). The molecule has 132 valence electrons. The minimum atomic E-state index is -0.485. The molecule has 0 spiro atoms. The zero-order valence-corrected chi connectivity index (χ0v) is 15.1. The van der Waals surface area contributed by atoms with Gasteiger partial charge in [-0.05, 0) is 77.0 Å². The van der Waals surface area contributed by atoms with E-state index in [1.807, 2.05) is 52.0 Å². The molecule has 4 nitrogen and oxygen atoms in total. The second-order valence-electron chi connectivity index (χ2n) is 7.42. The van der Waals surface area contributed by atoms with Crippen LogP contribution in [0.25, 0.3) is 0 Å². The second kappa shape index (κ2) is 7.82. The number of benzene rings is 1. The number of hydrogen-bond donors (Lipinski definition) is 0. The van der Waals surface area contributed by atoms with Gasteiger partial charge in [-0.25, -0.2) is 4.79 Å². The fourth-order valence-corrected chi connectivity index (χ4v) is 3.15. The topological polar surface area (TPSA) is 52.6 Å². The molecule has 0 bridgehead atoms. The Labute approximate surface area is 144 Å². The van der Waals surface area contributed by atoms with E-state index in [-0.39, 0.29) is 17.9 Å². The van der Waals surface area contributed by atoms with Crippen LogP contribution in [0.15, 0.2) is 24.3 Å². The summed E-state index contributed by atoms with van der Waals surface area (Å²) in [7, 11) is 0. The molecule has 4 heteroatoms. The maximum atomic E-state index is 12.1. The largest absolute Gasteiger partial charge is 0.466 e. The van der Waals surface area contributed by atoms with Crippen LogP contribution in [0, 0.1) is 5.92 Å². The molecule has 1 aliphatic rings. The SMILES string of the molecule is CCOC(=O)C1CCC(c2ccc(C(=O)OC(C)(C)C)cc2)CC1. The summed E-state index contributed by atoms with van der Waals surface area (Å²) in [4.78, 5) is 23.9. The van der Waals surface area contributed by atoms with Crippen LogP contribution in [-0.4, -0.2) is 24.1 Å². The van der Waals surface area contributed by atoms with Crippen molar-refractivity contribution in [2.24, 2.45) is 5.92 Å². The Morgan fingerprint density at radius 3 is 2.12 bits per heavy atom. The molecule has 0 atom stereocenters. The van der Waals surface area contributed by atoms with Crippen LogP contribution in [0.4, 0.5) is 0 Å². The molecule has 24 heavy (non-hydrogen) atoms. The predicted octanol–water partition coefficient (Wildman–Crippen LogP) is 4.48. The van der Waals surface area contributed by atoms with Gasteiger partial charge in [-0.1, -0.05) is 12.1 Å². The number of esters is 2.